The van der Waals surface area contributed by atoms with Crippen molar-refractivity contribution in [2.45, 2.75) is 13.3 Å². The first-order valence-electron chi connectivity index (χ1n) is 5.38. The van der Waals surface area contributed by atoms with Crippen LogP contribution in [-0.2, 0) is 9.53 Å². The van der Waals surface area contributed by atoms with Gasteiger partial charge in [0.1, 0.15) is 17.8 Å². The van der Waals surface area contributed by atoms with E-state index in [1.165, 1.54) is 0 Å². The molecule has 0 amide bonds. The van der Waals surface area contributed by atoms with Gasteiger partial charge >= 0.3 is 5.97 Å². The molecule has 0 fully saturated rings. The largest absolute Gasteiger partial charge is 0.465 e. The van der Waals surface area contributed by atoms with Gasteiger partial charge in [-0.15, -0.1) is 0 Å². The summed E-state index contributed by atoms with van der Waals surface area (Å²) in [6.45, 7) is 2.16. The molecule has 0 saturated heterocycles. The van der Waals surface area contributed by atoms with E-state index in [2.05, 4.69) is 16.8 Å². The molecule has 2 rings (SSSR count). The number of carbonyl (C=O) groups excluding carboxylic acids is 1. The van der Waals surface area contributed by atoms with E-state index in [1.54, 1.807) is 13.1 Å². The highest BCUT2D eigenvalue weighted by molar-refractivity contribution is 5.72. The Kier molecular flexibility index (Phi) is 3.41. The van der Waals surface area contributed by atoms with Crippen LogP contribution in [0.3, 0.4) is 0 Å². The molecular formula is C13H12N2O2. The lowest BCUT2D eigenvalue weighted by atomic mass is 10.4. The fraction of sp³-hybridized carbons (Fsp3) is 0.231. The molecule has 0 aliphatic heterocycles. The molecule has 0 atom stereocenters. The van der Waals surface area contributed by atoms with Crippen molar-refractivity contribution in [1.82, 2.24) is 9.38 Å². The first-order chi connectivity index (χ1) is 8.31. The lowest BCUT2D eigenvalue weighted by Crippen LogP contribution is -2.01. The van der Waals surface area contributed by atoms with Crippen molar-refractivity contribution in [2.75, 3.05) is 6.61 Å². The van der Waals surface area contributed by atoms with Crippen LogP contribution >= 0.6 is 0 Å². The Labute approximate surface area is 99.2 Å². The number of aromatic nitrogens is 2. The van der Waals surface area contributed by atoms with Crippen molar-refractivity contribution in [1.29, 1.82) is 0 Å². The second-order valence-electron chi connectivity index (χ2n) is 3.36. The van der Waals surface area contributed by atoms with Gasteiger partial charge in [0, 0.05) is 6.20 Å². The summed E-state index contributed by atoms with van der Waals surface area (Å²) in [5.74, 6) is 5.39. The number of carbonyl (C=O) groups is 1. The predicted octanol–water partition coefficient (Wildman–Crippen LogP) is 1.64. The molecule has 2 heterocycles. The van der Waals surface area contributed by atoms with Crippen LogP contribution in [-0.4, -0.2) is 22.0 Å². The fourth-order valence-electron chi connectivity index (χ4n) is 1.44. The zero-order valence-electron chi connectivity index (χ0n) is 9.51. The molecule has 0 spiro atoms. The van der Waals surface area contributed by atoms with Gasteiger partial charge in [-0.1, -0.05) is 12.0 Å². The van der Waals surface area contributed by atoms with Gasteiger partial charge in [0.05, 0.1) is 12.8 Å². The van der Waals surface area contributed by atoms with E-state index in [9.17, 15) is 4.79 Å². The van der Waals surface area contributed by atoms with Crippen LogP contribution in [0.5, 0.6) is 0 Å². The molecule has 4 nitrogen and oxygen atoms in total. The second kappa shape index (κ2) is 5.17. The number of rotatable bonds is 2. The maximum atomic E-state index is 11.1. The van der Waals surface area contributed by atoms with Crippen molar-refractivity contribution in [3.05, 3.63) is 36.3 Å². The number of esters is 1. The van der Waals surface area contributed by atoms with Gasteiger partial charge in [-0.3, -0.25) is 9.20 Å². The monoisotopic (exact) mass is 228 g/mol. The summed E-state index contributed by atoms with van der Waals surface area (Å²) in [5, 5.41) is 0. The maximum absolute atomic E-state index is 11.1. The summed E-state index contributed by atoms with van der Waals surface area (Å²) in [7, 11) is 0. The summed E-state index contributed by atoms with van der Waals surface area (Å²) in [4.78, 5) is 15.3. The molecular weight excluding hydrogens is 216 g/mol. The number of ether oxygens (including phenoxy) is 1. The van der Waals surface area contributed by atoms with Gasteiger partial charge in [0.15, 0.2) is 0 Å². The Morgan fingerprint density at radius 3 is 3.24 bits per heavy atom. The van der Waals surface area contributed by atoms with Crippen LogP contribution in [0.4, 0.5) is 0 Å². The van der Waals surface area contributed by atoms with E-state index < -0.39 is 0 Å². The Morgan fingerprint density at radius 2 is 2.41 bits per heavy atom. The van der Waals surface area contributed by atoms with Crippen molar-refractivity contribution in [3.63, 3.8) is 0 Å². The first kappa shape index (κ1) is 11.2. The van der Waals surface area contributed by atoms with Gasteiger partial charge in [-0.05, 0) is 25.0 Å². The topological polar surface area (TPSA) is 43.6 Å². The van der Waals surface area contributed by atoms with Gasteiger partial charge in [-0.25, -0.2) is 4.98 Å². The molecule has 0 aliphatic carbocycles. The summed E-state index contributed by atoms with van der Waals surface area (Å²) in [6.07, 6.45) is 3.68. The molecule has 17 heavy (non-hydrogen) atoms. The lowest BCUT2D eigenvalue weighted by Gasteiger charge is -1.95. The minimum atomic E-state index is -0.297. The van der Waals surface area contributed by atoms with Gasteiger partial charge in [-0.2, -0.15) is 0 Å². The Morgan fingerprint density at radius 1 is 1.53 bits per heavy atom. The first-order valence-corrected chi connectivity index (χ1v) is 5.38. The summed E-state index contributed by atoms with van der Waals surface area (Å²) < 4.78 is 6.66. The maximum Gasteiger partial charge on any atom is 0.317 e. The Balaban J connectivity index is 2.14. The summed E-state index contributed by atoms with van der Waals surface area (Å²) in [6, 6.07) is 5.72. The van der Waals surface area contributed by atoms with Crippen LogP contribution in [0, 0.1) is 11.8 Å². The molecule has 0 saturated carbocycles. The quantitative estimate of drug-likeness (QED) is 0.579. The second-order valence-corrected chi connectivity index (χ2v) is 3.36. The third kappa shape index (κ3) is 2.64. The highest BCUT2D eigenvalue weighted by Gasteiger charge is 1.99. The van der Waals surface area contributed by atoms with E-state index in [1.807, 2.05) is 28.8 Å². The third-order valence-electron chi connectivity index (χ3n) is 2.17. The predicted molar refractivity (Wildman–Crippen MR) is 63.3 cm³/mol. The fourth-order valence-corrected chi connectivity index (χ4v) is 1.44. The highest BCUT2D eigenvalue weighted by Crippen LogP contribution is 2.04. The molecule has 0 unspecified atom stereocenters. The van der Waals surface area contributed by atoms with E-state index in [0.717, 1.165) is 11.3 Å². The van der Waals surface area contributed by atoms with Crippen molar-refractivity contribution < 1.29 is 9.53 Å². The minimum absolute atomic E-state index is 0.105. The molecule has 0 aromatic carbocycles. The van der Waals surface area contributed by atoms with Gasteiger partial charge < -0.3 is 4.74 Å². The number of hydrogen-bond acceptors (Lipinski definition) is 3. The van der Waals surface area contributed by atoms with E-state index in [0.29, 0.717) is 6.61 Å². The van der Waals surface area contributed by atoms with Crippen molar-refractivity contribution in [3.8, 4) is 11.8 Å². The number of pyridine rings is 1. The zero-order chi connectivity index (χ0) is 12.1. The van der Waals surface area contributed by atoms with Crippen LogP contribution in [0.25, 0.3) is 5.65 Å². The van der Waals surface area contributed by atoms with E-state index >= 15 is 0 Å². The van der Waals surface area contributed by atoms with Crippen LogP contribution < -0.4 is 0 Å². The Hall–Kier alpha value is -2.28. The minimum Gasteiger partial charge on any atom is -0.465 e. The molecule has 4 heteroatoms. The molecule has 2 aromatic heterocycles. The normalized spacial score (nSPS) is 9.71. The molecule has 2 aromatic rings. The molecule has 0 aliphatic rings. The number of imidazole rings is 1. The van der Waals surface area contributed by atoms with Crippen molar-refractivity contribution >= 4 is 11.6 Å². The zero-order valence-corrected chi connectivity index (χ0v) is 9.51. The van der Waals surface area contributed by atoms with Crippen LogP contribution in [0.1, 0.15) is 19.0 Å². The van der Waals surface area contributed by atoms with Crippen LogP contribution in [0.2, 0.25) is 0 Å². The number of fused-ring (bicyclic) bond motifs is 1. The Bertz CT molecular complexity index is 590. The number of hydrogen-bond donors (Lipinski definition) is 0. The molecule has 0 bridgehead atoms. The van der Waals surface area contributed by atoms with E-state index in [-0.39, 0.29) is 12.4 Å². The SMILES string of the molecule is CCOC(=O)CC#Cc1cnc2ccccn12. The lowest BCUT2D eigenvalue weighted by molar-refractivity contribution is -0.141. The van der Waals surface area contributed by atoms with Gasteiger partial charge in [0.2, 0.25) is 0 Å². The summed E-state index contributed by atoms with van der Waals surface area (Å²) in [5.41, 5.74) is 1.61. The molecule has 86 valence electrons. The highest BCUT2D eigenvalue weighted by atomic mass is 16.5. The van der Waals surface area contributed by atoms with Crippen LogP contribution in [0.15, 0.2) is 30.6 Å². The average Bonchev–Trinajstić information content (AvgIpc) is 2.73. The average molecular weight is 228 g/mol. The standard InChI is InChI=1S/C13H12N2O2/c1-2-17-13(16)8-5-6-11-10-14-12-7-3-4-9-15(11)12/h3-4,7,9-10H,2,8H2,1H3. The van der Waals surface area contributed by atoms with Crippen molar-refractivity contribution in [2.24, 2.45) is 0 Å². The molecule has 0 N–H and O–H groups in total. The summed E-state index contributed by atoms with van der Waals surface area (Å²) >= 11 is 0. The third-order valence-corrected chi connectivity index (χ3v) is 2.17. The number of nitrogens with zero attached hydrogens (tertiary/aromatic N) is 2. The van der Waals surface area contributed by atoms with Gasteiger partial charge in [0.25, 0.3) is 0 Å². The smallest absolute Gasteiger partial charge is 0.317 e. The van der Waals surface area contributed by atoms with E-state index in [4.69, 9.17) is 4.74 Å². The molecule has 0 radical (unpaired) electrons.